The van der Waals surface area contributed by atoms with Gasteiger partial charge in [-0.15, -0.1) is 0 Å². The summed E-state index contributed by atoms with van der Waals surface area (Å²) in [5.74, 6) is 0. The van der Waals surface area contributed by atoms with Crippen molar-refractivity contribution in [2.45, 2.75) is 291 Å². The summed E-state index contributed by atoms with van der Waals surface area (Å²) in [5.41, 5.74) is 33.9. The Labute approximate surface area is 674 Å². The third kappa shape index (κ3) is 21.9. The van der Waals surface area contributed by atoms with Crippen molar-refractivity contribution in [1.82, 2.24) is 0 Å². The number of aryl methyl sites for hydroxylation is 15. The Morgan fingerprint density at radius 1 is 0.248 bits per heavy atom. The summed E-state index contributed by atoms with van der Waals surface area (Å²) >= 11 is 0. The summed E-state index contributed by atoms with van der Waals surface area (Å²) in [4.78, 5) is 0. The molecule has 0 N–H and O–H groups in total. The van der Waals surface area contributed by atoms with Crippen LogP contribution in [0.15, 0.2) is 171 Å². The number of pyridine rings is 5. The van der Waals surface area contributed by atoms with Crippen LogP contribution in [0.5, 0.6) is 0 Å². The molecule has 0 saturated heterocycles. The first-order valence-corrected chi connectivity index (χ1v) is 40.5. The lowest BCUT2D eigenvalue weighted by atomic mass is 9.75. The molecule has 0 saturated carbocycles. The molecule has 5 nitrogen and oxygen atoms in total. The van der Waals surface area contributed by atoms with Gasteiger partial charge in [-0.3, -0.25) is 0 Å². The summed E-state index contributed by atoms with van der Waals surface area (Å²) in [6, 6.07) is 48.9. The monoisotopic (exact) mass is 1470 g/mol. The zero-order valence-electron chi connectivity index (χ0n) is 80.6. The molecule has 584 valence electrons. The maximum Gasteiger partial charge on any atom is 0.212 e. The Balaban J connectivity index is 0.000000224. The quantitative estimate of drug-likeness (QED) is 0.0967. The van der Waals surface area contributed by atoms with Crippen molar-refractivity contribution in [3.63, 3.8) is 0 Å². The van der Waals surface area contributed by atoms with Crippen LogP contribution in [-0.2, 0) is 73.1 Å². The molecule has 10 aromatic rings. The van der Waals surface area contributed by atoms with Gasteiger partial charge in [0.25, 0.3) is 0 Å². The van der Waals surface area contributed by atoms with E-state index in [1.807, 2.05) is 26.0 Å². The van der Waals surface area contributed by atoms with Crippen molar-refractivity contribution >= 4 is 0 Å². The normalized spacial score (nSPS) is 13.1. The summed E-state index contributed by atoms with van der Waals surface area (Å²) < 4.78 is 56.7. The first-order chi connectivity index (χ1) is 53.0. The van der Waals surface area contributed by atoms with E-state index >= 15 is 0 Å². The summed E-state index contributed by atoms with van der Waals surface area (Å²) in [6.45, 7) is 60.9. The fourth-order valence-corrected chi connectivity index (χ4v) is 15.3. The van der Waals surface area contributed by atoms with E-state index < -0.39 is 13.7 Å². The van der Waals surface area contributed by atoms with Crippen LogP contribution >= 0.6 is 0 Å². The average Bonchev–Trinajstić information content (AvgIpc) is 0.896. The molecular weight excluding hydrogens is 1320 g/mol. The lowest BCUT2D eigenvalue weighted by Gasteiger charge is -2.29. The van der Waals surface area contributed by atoms with Gasteiger partial charge in [-0.25, -0.2) is 22.8 Å². The first kappa shape index (κ1) is 80.4. The smallest absolute Gasteiger partial charge is 0.201 e. The van der Waals surface area contributed by atoms with E-state index in [1.54, 1.807) is 24.3 Å². The van der Waals surface area contributed by atoms with E-state index in [1.165, 1.54) is 132 Å². The summed E-state index contributed by atoms with van der Waals surface area (Å²) in [6.07, 6.45) is 18.3. The predicted molar refractivity (Wildman–Crippen MR) is 471 cm³/mol. The standard InChI is InChI=1S/2C22H32N.3C20H28N/c2*1-15-10-11-17(16(2)12-15)20-13-18(21(3,4)5)19(14-23(20)9)22(6,7)8;2*1-7-20(5,8-2)17-10-12-19(21(6)14-17)18-11-9-15(3)13-16(18)4;1-7-20(5,8-2)18-14-21(6)19(13-16(18)4)17-12-10-9-11-15(17)3/h2*10-14H,1-9H3;3*9-14H,7-8H2,1-6H3/q5*+1/i1D3;;3D3;;. The van der Waals surface area contributed by atoms with E-state index in [-0.39, 0.29) is 37.9 Å². The van der Waals surface area contributed by atoms with Crippen LogP contribution in [-0.4, -0.2) is 0 Å². The summed E-state index contributed by atoms with van der Waals surface area (Å²) in [7, 11) is 10.6. The number of aromatic nitrogens is 5. The number of benzene rings is 5. The molecule has 5 heteroatoms. The Morgan fingerprint density at radius 2 is 0.523 bits per heavy atom. The van der Waals surface area contributed by atoms with E-state index in [0.29, 0.717) is 11.1 Å². The highest BCUT2D eigenvalue weighted by atomic mass is 14.9. The van der Waals surface area contributed by atoms with Crippen LogP contribution in [0.3, 0.4) is 0 Å². The van der Waals surface area contributed by atoms with Gasteiger partial charge in [-0.1, -0.05) is 234 Å². The molecule has 0 atom stereocenters. The zero-order chi connectivity index (χ0) is 87.0. The Hall–Kier alpha value is -8.15. The third-order valence-electron chi connectivity index (χ3n) is 24.0. The van der Waals surface area contributed by atoms with Gasteiger partial charge in [0.2, 0.25) is 28.5 Å². The molecule has 0 aliphatic carbocycles. The van der Waals surface area contributed by atoms with Gasteiger partial charge in [0, 0.05) is 94.2 Å². The van der Waals surface area contributed by atoms with Crippen LogP contribution in [0.4, 0.5) is 0 Å². The highest BCUT2D eigenvalue weighted by Crippen LogP contribution is 2.40. The molecule has 0 amide bonds. The van der Waals surface area contributed by atoms with Crippen LogP contribution in [0.25, 0.3) is 56.3 Å². The first-order valence-electron chi connectivity index (χ1n) is 43.5. The van der Waals surface area contributed by atoms with Crippen molar-refractivity contribution in [2.24, 2.45) is 35.2 Å². The van der Waals surface area contributed by atoms with Crippen molar-refractivity contribution in [3.8, 4) is 56.3 Å². The highest BCUT2D eigenvalue weighted by molar-refractivity contribution is 5.67. The highest BCUT2D eigenvalue weighted by Gasteiger charge is 2.34. The van der Waals surface area contributed by atoms with E-state index in [2.05, 4.69) is 379 Å². The summed E-state index contributed by atoms with van der Waals surface area (Å²) in [5, 5.41) is 0. The number of rotatable bonds is 14. The van der Waals surface area contributed by atoms with Crippen LogP contribution in [0.2, 0.25) is 0 Å². The molecule has 5 aromatic heterocycles. The van der Waals surface area contributed by atoms with Crippen molar-refractivity contribution in [2.75, 3.05) is 0 Å². The van der Waals surface area contributed by atoms with Crippen molar-refractivity contribution < 1.29 is 31.1 Å². The minimum Gasteiger partial charge on any atom is -0.201 e. The third-order valence-corrected chi connectivity index (χ3v) is 24.0. The van der Waals surface area contributed by atoms with Crippen LogP contribution in [0.1, 0.15) is 287 Å². The SMILES string of the molecule is CCC(C)(CC)c1c[n+](C)c(-c2ccccc2C)cc1C.CCC(C)(CC)c1ccc(-c2ccc(C)cc2C)[n+](C)c1.Cc1ccc(-c2cc(C(C)(C)C)c(C(C)(C)C)c[n+]2C)c(C)c1.[2H]C([2H])([2H])c1ccc(-c2cc(C(C)(C)C)c(C(C)(C)C)c[n+]2C)c(C)c1.[2H]C([2H])([2H])c1ccc(-c2ccc(C(C)(CC)CC)c[n+]2C)c(C)c1. The van der Waals surface area contributed by atoms with Gasteiger partial charge in [-0.2, -0.15) is 0 Å². The van der Waals surface area contributed by atoms with Gasteiger partial charge >= 0.3 is 0 Å². The van der Waals surface area contributed by atoms with E-state index in [4.69, 9.17) is 8.22 Å². The molecule has 0 fully saturated rings. The largest absolute Gasteiger partial charge is 0.212 e. The van der Waals surface area contributed by atoms with Gasteiger partial charge in [0.1, 0.15) is 35.2 Å². The lowest BCUT2D eigenvalue weighted by Crippen LogP contribution is -2.36. The number of hydrogen-bond donors (Lipinski definition) is 0. The van der Waals surface area contributed by atoms with Crippen molar-refractivity contribution in [1.29, 1.82) is 0 Å². The topological polar surface area (TPSA) is 19.4 Å². The molecular formula is C104H148N5+5. The molecule has 0 spiro atoms. The van der Waals surface area contributed by atoms with Gasteiger partial charge in [0.05, 0.1) is 0 Å². The Kier molecular flexibility index (Phi) is 26.8. The minimum absolute atomic E-state index is 0.0260. The molecule has 5 heterocycles. The van der Waals surface area contributed by atoms with Gasteiger partial charge in [-0.05, 0) is 232 Å². The maximum atomic E-state index is 7.63. The molecule has 10 rings (SSSR count). The van der Waals surface area contributed by atoms with E-state index in [0.717, 1.165) is 46.5 Å². The van der Waals surface area contributed by atoms with Crippen LogP contribution < -0.4 is 22.8 Å². The fraction of sp³-hybridized carbons (Fsp3) is 0.471. The van der Waals surface area contributed by atoms with Gasteiger partial charge in [0.15, 0.2) is 31.0 Å². The van der Waals surface area contributed by atoms with Crippen molar-refractivity contribution in [3.05, 3.63) is 265 Å². The molecule has 0 aliphatic rings. The fourth-order valence-electron chi connectivity index (χ4n) is 15.3. The molecule has 5 aromatic carbocycles. The van der Waals surface area contributed by atoms with E-state index in [9.17, 15) is 0 Å². The molecule has 0 unspecified atom stereocenters. The average molecular weight is 1470 g/mol. The zero-order valence-corrected chi connectivity index (χ0v) is 74.6. The number of nitrogens with zero attached hydrogens (tertiary/aromatic N) is 5. The van der Waals surface area contributed by atoms with Gasteiger partial charge < -0.3 is 0 Å². The number of hydrogen-bond acceptors (Lipinski definition) is 0. The lowest BCUT2D eigenvalue weighted by molar-refractivity contribution is -0.661. The Morgan fingerprint density at radius 3 is 0.817 bits per heavy atom. The molecule has 0 bridgehead atoms. The predicted octanol–water partition coefficient (Wildman–Crippen LogP) is 25.4. The second-order valence-electron chi connectivity index (χ2n) is 36.7. The molecule has 0 aliphatic heterocycles. The molecule has 109 heavy (non-hydrogen) atoms. The second-order valence-corrected chi connectivity index (χ2v) is 36.7. The minimum atomic E-state index is -2.07. The van der Waals surface area contributed by atoms with Crippen LogP contribution in [0, 0.1) is 69.1 Å². The second kappa shape index (κ2) is 36.3. The Bertz CT molecular complexity index is 5010. The maximum absolute atomic E-state index is 7.63. The molecule has 0 radical (unpaired) electrons.